The van der Waals surface area contributed by atoms with E-state index in [9.17, 15) is 5.11 Å². The van der Waals surface area contributed by atoms with Crippen molar-refractivity contribution >= 4 is 22.5 Å². The predicted molar refractivity (Wildman–Crippen MR) is 86.7 cm³/mol. The van der Waals surface area contributed by atoms with Crippen molar-refractivity contribution in [2.75, 3.05) is 5.32 Å². The van der Waals surface area contributed by atoms with Crippen LogP contribution in [0.4, 0.5) is 5.69 Å². The van der Waals surface area contributed by atoms with E-state index in [2.05, 4.69) is 38.8 Å². The number of phenols is 1. The molecule has 6 nitrogen and oxygen atoms in total. The molecule has 1 atom stereocenters. The van der Waals surface area contributed by atoms with Gasteiger partial charge in [-0.1, -0.05) is 18.2 Å². The zero-order valence-electron chi connectivity index (χ0n) is 12.0. The summed E-state index contributed by atoms with van der Waals surface area (Å²) in [5.74, 6) is 0.827. The summed E-state index contributed by atoms with van der Waals surface area (Å²) in [5, 5.41) is 23.8. The van der Waals surface area contributed by atoms with Gasteiger partial charge in [0.1, 0.15) is 11.8 Å². The van der Waals surface area contributed by atoms with Crippen molar-refractivity contribution in [2.45, 2.75) is 13.0 Å². The fourth-order valence-corrected chi connectivity index (χ4v) is 2.69. The number of hydrogen-bond acceptors (Lipinski definition) is 5. The Morgan fingerprint density at radius 3 is 3.14 bits per heavy atom. The van der Waals surface area contributed by atoms with E-state index in [0.717, 1.165) is 16.8 Å². The molecule has 110 valence electrons. The van der Waals surface area contributed by atoms with Crippen LogP contribution >= 0.6 is 0 Å². The minimum atomic E-state index is 0.0400. The number of nitrogens with one attached hydrogen (secondary N) is 3. The van der Waals surface area contributed by atoms with E-state index in [-0.39, 0.29) is 11.8 Å². The van der Waals surface area contributed by atoms with Crippen molar-refractivity contribution in [3.05, 3.63) is 53.9 Å². The summed E-state index contributed by atoms with van der Waals surface area (Å²) in [4.78, 5) is 4.68. The predicted octanol–water partition coefficient (Wildman–Crippen LogP) is 2.41. The van der Waals surface area contributed by atoms with E-state index in [4.69, 9.17) is 0 Å². The number of anilines is 1. The SMILES string of the molecule is CC1=CC=CC2=CNC(Nc3cc(O)c4cn[nH]c4c3)=NC12. The molecule has 0 saturated heterocycles. The second-order valence-corrected chi connectivity index (χ2v) is 5.39. The number of fused-ring (bicyclic) bond motifs is 2. The van der Waals surface area contributed by atoms with E-state index in [1.807, 2.05) is 24.4 Å². The number of aromatic hydroxyl groups is 1. The standard InChI is InChI=1S/C16H15N5O/c1-9-3-2-4-10-7-17-16(20-15(9)10)19-11-5-13-12(8-18-21-13)14(22)6-11/h2-8,15,22H,1H3,(H,18,21)(H2,17,19,20). The van der Waals surface area contributed by atoms with Gasteiger partial charge < -0.3 is 15.7 Å². The Bertz CT molecular complexity index is 872. The van der Waals surface area contributed by atoms with Gasteiger partial charge in [0.25, 0.3) is 0 Å². The summed E-state index contributed by atoms with van der Waals surface area (Å²) in [6, 6.07) is 3.58. The largest absolute Gasteiger partial charge is 0.507 e. The molecule has 22 heavy (non-hydrogen) atoms. The fourth-order valence-electron chi connectivity index (χ4n) is 2.69. The van der Waals surface area contributed by atoms with Crippen LogP contribution in [-0.4, -0.2) is 27.3 Å². The number of aromatic nitrogens is 2. The summed E-state index contributed by atoms with van der Waals surface area (Å²) in [6.45, 7) is 2.07. The summed E-state index contributed by atoms with van der Waals surface area (Å²) in [7, 11) is 0. The highest BCUT2D eigenvalue weighted by Gasteiger charge is 2.20. The average molecular weight is 293 g/mol. The van der Waals surface area contributed by atoms with Crippen LogP contribution in [0.1, 0.15) is 6.92 Å². The van der Waals surface area contributed by atoms with Crippen LogP contribution < -0.4 is 10.6 Å². The molecule has 0 fully saturated rings. The van der Waals surface area contributed by atoms with Crippen molar-refractivity contribution in [3.63, 3.8) is 0 Å². The van der Waals surface area contributed by atoms with Crippen molar-refractivity contribution in [3.8, 4) is 5.75 Å². The normalized spacial score (nSPS) is 19.9. The molecule has 2 aliphatic rings. The summed E-state index contributed by atoms with van der Waals surface area (Å²) < 4.78 is 0. The molecule has 2 heterocycles. The van der Waals surface area contributed by atoms with E-state index < -0.39 is 0 Å². The van der Waals surface area contributed by atoms with E-state index in [0.29, 0.717) is 11.3 Å². The minimum Gasteiger partial charge on any atom is -0.507 e. The topological polar surface area (TPSA) is 85.3 Å². The lowest BCUT2D eigenvalue weighted by Gasteiger charge is -2.24. The number of rotatable bonds is 1. The molecule has 0 bridgehead atoms. The lowest BCUT2D eigenvalue weighted by molar-refractivity contribution is 0.482. The first-order valence-corrected chi connectivity index (χ1v) is 7.03. The second-order valence-electron chi connectivity index (χ2n) is 5.39. The highest BCUT2D eigenvalue weighted by atomic mass is 16.3. The number of allylic oxidation sites excluding steroid dienone is 2. The Kier molecular flexibility index (Phi) is 2.75. The van der Waals surface area contributed by atoms with Gasteiger partial charge in [0.15, 0.2) is 0 Å². The zero-order chi connectivity index (χ0) is 15.1. The van der Waals surface area contributed by atoms with Crippen LogP contribution in [0.15, 0.2) is 58.9 Å². The van der Waals surface area contributed by atoms with Crippen LogP contribution in [0.3, 0.4) is 0 Å². The quantitative estimate of drug-likeness (QED) is 0.650. The van der Waals surface area contributed by atoms with E-state index >= 15 is 0 Å². The minimum absolute atomic E-state index is 0.0400. The van der Waals surface area contributed by atoms with Crippen molar-refractivity contribution < 1.29 is 5.11 Å². The zero-order valence-corrected chi connectivity index (χ0v) is 12.0. The average Bonchev–Trinajstić information content (AvgIpc) is 2.97. The second kappa shape index (κ2) is 4.77. The molecule has 0 spiro atoms. The Morgan fingerprint density at radius 2 is 2.23 bits per heavy atom. The molecule has 2 aromatic rings. The third kappa shape index (κ3) is 2.05. The summed E-state index contributed by atoms with van der Waals surface area (Å²) in [6.07, 6.45) is 9.69. The van der Waals surface area contributed by atoms with Gasteiger partial charge in [0.2, 0.25) is 5.96 Å². The third-order valence-corrected chi connectivity index (χ3v) is 3.83. The van der Waals surface area contributed by atoms with E-state index in [1.54, 1.807) is 12.3 Å². The van der Waals surface area contributed by atoms with Gasteiger partial charge in [-0.05, 0) is 24.1 Å². The van der Waals surface area contributed by atoms with Crippen molar-refractivity contribution in [2.24, 2.45) is 4.99 Å². The van der Waals surface area contributed by atoms with Gasteiger partial charge in [-0.2, -0.15) is 5.10 Å². The number of guanidine groups is 1. The van der Waals surface area contributed by atoms with Crippen LogP contribution in [0.5, 0.6) is 5.75 Å². The molecular weight excluding hydrogens is 278 g/mol. The van der Waals surface area contributed by atoms with Gasteiger partial charge in [-0.25, -0.2) is 4.99 Å². The molecule has 1 aromatic heterocycles. The fraction of sp³-hybridized carbons (Fsp3) is 0.125. The number of phenolic OH excluding ortho intramolecular Hbond substituents is 1. The molecule has 1 aromatic carbocycles. The van der Waals surface area contributed by atoms with Gasteiger partial charge in [-0.3, -0.25) is 5.10 Å². The van der Waals surface area contributed by atoms with Crippen LogP contribution in [0.2, 0.25) is 0 Å². The van der Waals surface area contributed by atoms with Crippen LogP contribution in [-0.2, 0) is 0 Å². The Morgan fingerprint density at radius 1 is 1.32 bits per heavy atom. The molecule has 0 saturated carbocycles. The van der Waals surface area contributed by atoms with Crippen LogP contribution in [0.25, 0.3) is 10.9 Å². The molecule has 1 aliphatic carbocycles. The molecule has 1 aliphatic heterocycles. The molecule has 6 heteroatoms. The van der Waals surface area contributed by atoms with Crippen molar-refractivity contribution in [1.29, 1.82) is 0 Å². The van der Waals surface area contributed by atoms with Crippen LogP contribution in [0, 0.1) is 0 Å². The first kappa shape index (κ1) is 12.7. The molecule has 4 rings (SSSR count). The summed E-state index contributed by atoms with van der Waals surface area (Å²) in [5.41, 5.74) is 3.84. The van der Waals surface area contributed by atoms with Gasteiger partial charge in [0, 0.05) is 18.0 Å². The number of benzene rings is 1. The molecule has 0 amide bonds. The summed E-state index contributed by atoms with van der Waals surface area (Å²) >= 11 is 0. The number of aromatic amines is 1. The monoisotopic (exact) mass is 293 g/mol. The number of nitrogens with zero attached hydrogens (tertiary/aromatic N) is 2. The Hall–Kier alpha value is -3.02. The molecular formula is C16H15N5O. The van der Waals surface area contributed by atoms with Gasteiger partial charge in [-0.15, -0.1) is 0 Å². The third-order valence-electron chi connectivity index (χ3n) is 3.83. The maximum atomic E-state index is 10.0. The number of H-pyrrole nitrogens is 1. The lowest BCUT2D eigenvalue weighted by atomic mass is 9.95. The van der Waals surface area contributed by atoms with E-state index in [1.165, 1.54) is 5.57 Å². The first-order valence-electron chi connectivity index (χ1n) is 7.03. The highest BCUT2D eigenvalue weighted by molar-refractivity contribution is 5.98. The maximum absolute atomic E-state index is 10.0. The highest BCUT2D eigenvalue weighted by Crippen LogP contribution is 2.28. The number of aliphatic imine (C=N–C) groups is 1. The van der Waals surface area contributed by atoms with Gasteiger partial charge >= 0.3 is 0 Å². The maximum Gasteiger partial charge on any atom is 0.200 e. The molecule has 4 N–H and O–H groups in total. The number of hydrogen-bond donors (Lipinski definition) is 4. The van der Waals surface area contributed by atoms with Gasteiger partial charge in [0.05, 0.1) is 17.1 Å². The molecule has 0 radical (unpaired) electrons. The lowest BCUT2D eigenvalue weighted by Crippen LogP contribution is -2.34. The Labute approximate surface area is 127 Å². The van der Waals surface area contributed by atoms with Crippen molar-refractivity contribution in [1.82, 2.24) is 15.5 Å². The first-order chi connectivity index (χ1) is 10.7. The smallest absolute Gasteiger partial charge is 0.200 e. The molecule has 1 unspecified atom stereocenters. The Balaban J connectivity index is 1.63.